The third-order valence-electron chi connectivity index (χ3n) is 1.77. The Hall–Kier alpha value is -1.31. The Bertz CT molecular complexity index is 364. The van der Waals surface area contributed by atoms with Gasteiger partial charge >= 0.3 is 0 Å². The molecule has 1 amide bonds. The average molecular weight is 208 g/mol. The maximum absolute atomic E-state index is 10.8. The number of carbonyl (C=O) groups is 1. The number of hydrogen-bond donors (Lipinski definition) is 2. The van der Waals surface area contributed by atoms with Gasteiger partial charge in [-0.1, -0.05) is 5.92 Å². The smallest absolute Gasteiger partial charge is 0.249 e. The van der Waals surface area contributed by atoms with Crippen LogP contribution in [0.2, 0.25) is 0 Å². The molecule has 0 saturated carbocycles. The van der Waals surface area contributed by atoms with E-state index < -0.39 is 5.91 Å². The molecule has 1 rings (SSSR count). The van der Waals surface area contributed by atoms with Crippen molar-refractivity contribution in [3.8, 4) is 12.3 Å². The molecule has 1 atom stereocenters. The van der Waals surface area contributed by atoms with E-state index in [1.54, 1.807) is 11.4 Å². The molecule has 1 heterocycles. The average Bonchev–Trinajstić information content (AvgIpc) is 2.62. The van der Waals surface area contributed by atoms with E-state index in [4.69, 9.17) is 12.2 Å². The molecule has 4 heteroatoms. The van der Waals surface area contributed by atoms with Crippen LogP contribution in [0.3, 0.4) is 0 Å². The van der Waals surface area contributed by atoms with Crippen LogP contribution in [0, 0.1) is 12.3 Å². The lowest BCUT2D eigenvalue weighted by Gasteiger charge is -2.04. The van der Waals surface area contributed by atoms with Crippen molar-refractivity contribution in [1.29, 1.82) is 0 Å². The van der Waals surface area contributed by atoms with Crippen molar-refractivity contribution >= 4 is 17.2 Å². The monoisotopic (exact) mass is 208 g/mol. The van der Waals surface area contributed by atoms with E-state index in [1.165, 1.54) is 11.3 Å². The molecule has 0 radical (unpaired) electrons. The van der Waals surface area contributed by atoms with Gasteiger partial charge in [0.05, 0.1) is 11.6 Å². The number of primary amides is 1. The molecule has 0 bridgehead atoms. The summed E-state index contributed by atoms with van der Waals surface area (Å²) in [7, 11) is 0. The summed E-state index contributed by atoms with van der Waals surface area (Å²) in [6, 6.07) is 1.82. The van der Waals surface area contributed by atoms with Gasteiger partial charge in [0.1, 0.15) is 0 Å². The van der Waals surface area contributed by atoms with Crippen molar-refractivity contribution in [2.45, 2.75) is 19.5 Å². The van der Waals surface area contributed by atoms with Gasteiger partial charge in [0, 0.05) is 16.8 Å². The lowest BCUT2D eigenvalue weighted by Crippen LogP contribution is -2.22. The quantitative estimate of drug-likeness (QED) is 0.724. The summed E-state index contributed by atoms with van der Waals surface area (Å²) in [4.78, 5) is 11.8. The third kappa shape index (κ3) is 2.87. The minimum Gasteiger partial charge on any atom is -0.366 e. The zero-order valence-electron chi connectivity index (χ0n) is 7.91. The van der Waals surface area contributed by atoms with E-state index in [1.807, 2.05) is 6.92 Å². The summed E-state index contributed by atoms with van der Waals surface area (Å²) in [5, 5.41) is 4.87. The molecule has 0 aliphatic rings. The molecule has 0 saturated heterocycles. The first kappa shape index (κ1) is 10.8. The first-order chi connectivity index (χ1) is 6.63. The largest absolute Gasteiger partial charge is 0.366 e. The predicted octanol–water partition coefficient (Wildman–Crippen LogP) is 0.958. The van der Waals surface area contributed by atoms with Crippen LogP contribution < -0.4 is 11.1 Å². The maximum Gasteiger partial charge on any atom is 0.249 e. The van der Waals surface area contributed by atoms with E-state index in [2.05, 4.69) is 11.2 Å². The fraction of sp³-hybridized carbons (Fsp3) is 0.300. The lowest BCUT2D eigenvalue weighted by atomic mass is 10.3. The van der Waals surface area contributed by atoms with Crippen LogP contribution in [0.5, 0.6) is 0 Å². The van der Waals surface area contributed by atoms with Gasteiger partial charge in [-0.2, -0.15) is 0 Å². The van der Waals surface area contributed by atoms with E-state index in [0.29, 0.717) is 12.1 Å². The van der Waals surface area contributed by atoms with E-state index in [-0.39, 0.29) is 6.04 Å². The summed E-state index contributed by atoms with van der Waals surface area (Å²) in [5.74, 6) is 2.18. The maximum atomic E-state index is 10.8. The van der Waals surface area contributed by atoms with Crippen molar-refractivity contribution in [3.63, 3.8) is 0 Å². The number of thiophene rings is 1. The van der Waals surface area contributed by atoms with Crippen molar-refractivity contribution in [3.05, 3.63) is 21.9 Å². The van der Waals surface area contributed by atoms with Crippen LogP contribution in [-0.2, 0) is 6.54 Å². The topological polar surface area (TPSA) is 55.1 Å². The summed E-state index contributed by atoms with van der Waals surface area (Å²) >= 11 is 1.50. The van der Waals surface area contributed by atoms with Crippen LogP contribution in [0.15, 0.2) is 11.4 Å². The van der Waals surface area contributed by atoms with E-state index in [9.17, 15) is 4.79 Å². The van der Waals surface area contributed by atoms with Gasteiger partial charge in [0.15, 0.2) is 0 Å². The molecule has 0 spiro atoms. The van der Waals surface area contributed by atoms with Crippen molar-refractivity contribution in [2.75, 3.05) is 0 Å². The minimum atomic E-state index is -0.391. The zero-order chi connectivity index (χ0) is 10.6. The normalized spacial score (nSPS) is 12.0. The number of carbonyl (C=O) groups excluding carboxylic acids is 1. The number of hydrogen-bond acceptors (Lipinski definition) is 3. The first-order valence-corrected chi connectivity index (χ1v) is 5.08. The number of nitrogens with two attached hydrogens (primary N) is 1. The van der Waals surface area contributed by atoms with Crippen molar-refractivity contribution in [2.24, 2.45) is 5.73 Å². The Morgan fingerprint density at radius 3 is 3.07 bits per heavy atom. The van der Waals surface area contributed by atoms with Crippen molar-refractivity contribution in [1.82, 2.24) is 5.32 Å². The standard InChI is InChI=1S/C10H12N2OS/c1-3-7(2)12-5-9-4-8(6-14-9)10(11)13/h1,4,6-7,12H,5H2,2H3,(H2,11,13). The van der Waals surface area contributed by atoms with Gasteiger partial charge < -0.3 is 5.73 Å². The molecular weight excluding hydrogens is 196 g/mol. The van der Waals surface area contributed by atoms with Gasteiger partial charge in [-0.3, -0.25) is 10.1 Å². The Morgan fingerprint density at radius 1 is 1.86 bits per heavy atom. The molecule has 3 N–H and O–H groups in total. The van der Waals surface area contributed by atoms with Gasteiger partial charge in [-0.25, -0.2) is 0 Å². The molecule has 3 nitrogen and oxygen atoms in total. The summed E-state index contributed by atoms with van der Waals surface area (Å²) in [5.41, 5.74) is 5.68. The SMILES string of the molecule is C#CC(C)NCc1cc(C(N)=O)cs1. The van der Waals surface area contributed by atoms with Crippen LogP contribution in [0.4, 0.5) is 0 Å². The fourth-order valence-corrected chi connectivity index (χ4v) is 1.74. The molecule has 1 aromatic heterocycles. The molecule has 0 fully saturated rings. The molecule has 0 aliphatic carbocycles. The van der Waals surface area contributed by atoms with Gasteiger partial charge in [-0.05, 0) is 13.0 Å². The first-order valence-electron chi connectivity index (χ1n) is 4.20. The molecule has 1 aromatic rings. The van der Waals surface area contributed by atoms with Gasteiger partial charge in [0.2, 0.25) is 5.91 Å². The minimum absolute atomic E-state index is 0.0362. The number of terminal acetylenes is 1. The zero-order valence-corrected chi connectivity index (χ0v) is 8.73. The number of amides is 1. The summed E-state index contributed by atoms with van der Waals surface area (Å²) in [6.07, 6.45) is 5.21. The molecule has 0 aromatic carbocycles. The second kappa shape index (κ2) is 4.80. The third-order valence-corrected chi connectivity index (χ3v) is 2.71. The fourth-order valence-electron chi connectivity index (χ4n) is 0.915. The highest BCUT2D eigenvalue weighted by Crippen LogP contribution is 2.13. The van der Waals surface area contributed by atoms with Crippen LogP contribution >= 0.6 is 11.3 Å². The Morgan fingerprint density at radius 2 is 2.57 bits per heavy atom. The Balaban J connectivity index is 2.53. The molecular formula is C10H12N2OS. The van der Waals surface area contributed by atoms with E-state index in [0.717, 1.165) is 4.88 Å². The highest BCUT2D eigenvalue weighted by molar-refractivity contribution is 7.10. The molecule has 14 heavy (non-hydrogen) atoms. The second-order valence-electron chi connectivity index (χ2n) is 2.94. The molecule has 74 valence electrons. The molecule has 1 unspecified atom stereocenters. The highest BCUT2D eigenvalue weighted by Gasteiger charge is 2.04. The lowest BCUT2D eigenvalue weighted by molar-refractivity contribution is 0.100. The van der Waals surface area contributed by atoms with Gasteiger partial charge in [-0.15, -0.1) is 17.8 Å². The van der Waals surface area contributed by atoms with Crippen LogP contribution in [-0.4, -0.2) is 11.9 Å². The van der Waals surface area contributed by atoms with Crippen molar-refractivity contribution < 1.29 is 4.79 Å². The number of nitrogens with one attached hydrogen (secondary N) is 1. The predicted molar refractivity (Wildman–Crippen MR) is 58.0 cm³/mol. The van der Waals surface area contributed by atoms with Crippen LogP contribution in [0.1, 0.15) is 22.2 Å². The highest BCUT2D eigenvalue weighted by atomic mass is 32.1. The second-order valence-corrected chi connectivity index (χ2v) is 3.93. The summed E-state index contributed by atoms with van der Waals surface area (Å²) in [6.45, 7) is 2.58. The molecule has 0 aliphatic heterocycles. The summed E-state index contributed by atoms with van der Waals surface area (Å²) < 4.78 is 0. The Labute approximate surface area is 87.3 Å². The number of rotatable bonds is 4. The van der Waals surface area contributed by atoms with Gasteiger partial charge in [0.25, 0.3) is 0 Å². The Kier molecular flexibility index (Phi) is 3.69. The van der Waals surface area contributed by atoms with E-state index >= 15 is 0 Å². The van der Waals surface area contributed by atoms with Crippen LogP contribution in [0.25, 0.3) is 0 Å².